The minimum absolute atomic E-state index is 0.0190. The molecule has 0 unspecified atom stereocenters. The Bertz CT molecular complexity index is 1080. The van der Waals surface area contributed by atoms with Crippen LogP contribution in [0.15, 0.2) is 42.5 Å². The van der Waals surface area contributed by atoms with Crippen molar-refractivity contribution in [2.24, 2.45) is 0 Å². The van der Waals surface area contributed by atoms with E-state index in [1.54, 1.807) is 24.3 Å². The number of nitrogens with two attached hydrogens (primary N) is 1. The molecule has 0 aliphatic rings. The Labute approximate surface area is 177 Å². The number of benzene rings is 3. The molecule has 0 saturated carbocycles. The van der Waals surface area contributed by atoms with Gasteiger partial charge in [0.15, 0.2) is 28.9 Å². The maximum atomic E-state index is 15.1. The lowest BCUT2D eigenvalue weighted by atomic mass is 10.2. The van der Waals surface area contributed by atoms with E-state index in [0.29, 0.717) is 22.8 Å². The highest BCUT2D eigenvalue weighted by molar-refractivity contribution is 6.35. The molecule has 158 valence electrons. The quantitative estimate of drug-likeness (QED) is 0.412. The maximum absolute atomic E-state index is 15.1. The molecule has 0 fully saturated rings. The minimum atomic E-state index is -0.719. The summed E-state index contributed by atoms with van der Waals surface area (Å²) in [6.07, 6.45) is 0. The van der Waals surface area contributed by atoms with Gasteiger partial charge in [-0.15, -0.1) is 0 Å². The van der Waals surface area contributed by atoms with Crippen LogP contribution >= 0.6 is 11.6 Å². The van der Waals surface area contributed by atoms with Crippen molar-refractivity contribution in [3.8, 4) is 17.2 Å². The molecular weight excluding hydrogens is 416 g/mol. The molecule has 0 aliphatic carbocycles. The average molecular weight is 436 g/mol. The predicted octanol–water partition coefficient (Wildman–Crippen LogP) is 5.71. The largest absolute Gasteiger partial charge is 0.494 e. The van der Waals surface area contributed by atoms with Gasteiger partial charge < -0.3 is 30.6 Å². The van der Waals surface area contributed by atoms with Crippen molar-refractivity contribution in [2.45, 2.75) is 0 Å². The van der Waals surface area contributed by atoms with E-state index in [4.69, 9.17) is 31.5 Å². The molecule has 0 bridgehead atoms. The van der Waals surface area contributed by atoms with Crippen LogP contribution in [0.2, 0.25) is 5.02 Å². The van der Waals surface area contributed by atoms with Gasteiger partial charge in [0.1, 0.15) is 5.02 Å². The molecule has 0 atom stereocenters. The average Bonchev–Trinajstić information content (AvgIpc) is 2.74. The van der Waals surface area contributed by atoms with E-state index < -0.39 is 11.6 Å². The summed E-state index contributed by atoms with van der Waals surface area (Å²) < 4.78 is 44.9. The van der Waals surface area contributed by atoms with E-state index in [9.17, 15) is 4.39 Å². The summed E-state index contributed by atoms with van der Waals surface area (Å²) in [4.78, 5) is 0. The van der Waals surface area contributed by atoms with Crippen LogP contribution in [-0.4, -0.2) is 21.3 Å². The van der Waals surface area contributed by atoms with E-state index in [2.05, 4.69) is 10.6 Å². The summed E-state index contributed by atoms with van der Waals surface area (Å²) >= 11 is 6.32. The predicted molar refractivity (Wildman–Crippen MR) is 115 cm³/mol. The number of hydrogen-bond donors (Lipinski definition) is 3. The summed E-state index contributed by atoms with van der Waals surface area (Å²) in [5.41, 5.74) is 7.02. The van der Waals surface area contributed by atoms with Gasteiger partial charge in [-0.05, 0) is 36.4 Å². The van der Waals surface area contributed by atoms with Gasteiger partial charge in [0.05, 0.1) is 49.8 Å². The molecule has 3 aromatic rings. The first-order valence-electron chi connectivity index (χ1n) is 8.76. The molecular formula is C21H20ClF2N3O3. The first-order valence-corrected chi connectivity index (χ1v) is 9.14. The first kappa shape index (κ1) is 21.3. The Morgan fingerprint density at radius 2 is 1.33 bits per heavy atom. The molecule has 30 heavy (non-hydrogen) atoms. The highest BCUT2D eigenvalue weighted by atomic mass is 35.5. The van der Waals surface area contributed by atoms with Crippen molar-refractivity contribution < 1.29 is 23.0 Å². The van der Waals surface area contributed by atoms with Gasteiger partial charge in [-0.2, -0.15) is 0 Å². The normalized spacial score (nSPS) is 10.5. The highest BCUT2D eigenvalue weighted by Gasteiger charge is 2.18. The van der Waals surface area contributed by atoms with Gasteiger partial charge in [-0.3, -0.25) is 0 Å². The fourth-order valence-electron chi connectivity index (χ4n) is 2.88. The Morgan fingerprint density at radius 1 is 0.733 bits per heavy atom. The van der Waals surface area contributed by atoms with Crippen molar-refractivity contribution in [1.82, 2.24) is 0 Å². The smallest absolute Gasteiger partial charge is 0.190 e. The Morgan fingerprint density at radius 3 is 2.00 bits per heavy atom. The van der Waals surface area contributed by atoms with Gasteiger partial charge in [-0.1, -0.05) is 17.7 Å². The number of hydrogen-bond acceptors (Lipinski definition) is 6. The van der Waals surface area contributed by atoms with Crippen molar-refractivity contribution in [3.05, 3.63) is 59.1 Å². The van der Waals surface area contributed by atoms with Gasteiger partial charge in [-0.25, -0.2) is 8.78 Å². The molecule has 0 aromatic heterocycles. The molecule has 0 aliphatic heterocycles. The molecule has 9 heteroatoms. The molecule has 3 rings (SSSR count). The third kappa shape index (κ3) is 3.99. The minimum Gasteiger partial charge on any atom is -0.494 e. The third-order valence-electron chi connectivity index (χ3n) is 4.35. The van der Waals surface area contributed by atoms with Gasteiger partial charge in [0.25, 0.3) is 0 Å². The van der Waals surface area contributed by atoms with Crippen molar-refractivity contribution in [3.63, 3.8) is 0 Å². The van der Waals surface area contributed by atoms with Gasteiger partial charge in [0, 0.05) is 0 Å². The molecule has 0 amide bonds. The zero-order valence-electron chi connectivity index (χ0n) is 16.5. The molecule has 4 N–H and O–H groups in total. The summed E-state index contributed by atoms with van der Waals surface area (Å²) in [5.74, 6) is -1.11. The zero-order valence-corrected chi connectivity index (χ0v) is 17.2. The number of halogens is 3. The Hall–Kier alpha value is -3.39. The van der Waals surface area contributed by atoms with Gasteiger partial charge in [0.2, 0.25) is 0 Å². The molecule has 0 spiro atoms. The summed E-state index contributed by atoms with van der Waals surface area (Å²) in [7, 11) is 4.12. The number of ether oxygens (including phenoxy) is 3. The SMILES string of the molecule is COc1cccc(Nc2ccc(Nc3ccc(N)c(OC)c3Cl)c(OC)c2F)c1F. The lowest BCUT2D eigenvalue weighted by Gasteiger charge is -2.17. The second kappa shape index (κ2) is 8.96. The monoisotopic (exact) mass is 435 g/mol. The van der Waals surface area contributed by atoms with E-state index in [1.807, 2.05) is 0 Å². The topological polar surface area (TPSA) is 77.8 Å². The highest BCUT2D eigenvalue weighted by Crippen LogP contribution is 2.41. The third-order valence-corrected chi connectivity index (χ3v) is 4.73. The number of rotatable bonds is 7. The number of anilines is 5. The molecule has 6 nitrogen and oxygen atoms in total. The number of nitrogen functional groups attached to an aromatic ring is 1. The standard InChI is InChI=1S/C21H20ClF2N3O3/c1-28-16-6-4-5-13(18(16)23)27-14-9-10-15(21(30-3)19(14)24)26-12-8-7-11(25)20(29-2)17(12)22/h4-10,26-27H,25H2,1-3H3. The zero-order chi connectivity index (χ0) is 21.8. The number of methoxy groups -OCH3 is 3. The fourth-order valence-corrected chi connectivity index (χ4v) is 3.18. The van der Waals surface area contributed by atoms with Crippen LogP contribution in [0.5, 0.6) is 17.2 Å². The molecule has 3 aromatic carbocycles. The second-order valence-corrected chi connectivity index (χ2v) is 6.51. The lowest BCUT2D eigenvalue weighted by Crippen LogP contribution is -2.03. The van der Waals surface area contributed by atoms with Crippen LogP contribution in [-0.2, 0) is 0 Å². The lowest BCUT2D eigenvalue weighted by molar-refractivity contribution is 0.387. The Kier molecular flexibility index (Phi) is 6.37. The molecule has 0 saturated heterocycles. The maximum Gasteiger partial charge on any atom is 0.190 e. The van der Waals surface area contributed by atoms with Crippen LogP contribution in [0.3, 0.4) is 0 Å². The van der Waals surface area contributed by atoms with Crippen molar-refractivity contribution in [2.75, 3.05) is 37.7 Å². The van der Waals surface area contributed by atoms with Crippen LogP contribution in [0.1, 0.15) is 0 Å². The summed E-state index contributed by atoms with van der Waals surface area (Å²) in [5, 5.41) is 5.96. The van der Waals surface area contributed by atoms with E-state index in [1.165, 1.54) is 39.5 Å². The van der Waals surface area contributed by atoms with Crippen molar-refractivity contribution >= 4 is 40.0 Å². The van der Waals surface area contributed by atoms with Gasteiger partial charge >= 0.3 is 0 Å². The van der Waals surface area contributed by atoms with E-state index >= 15 is 4.39 Å². The molecule has 0 heterocycles. The second-order valence-electron chi connectivity index (χ2n) is 6.13. The van der Waals surface area contributed by atoms with Crippen molar-refractivity contribution in [1.29, 1.82) is 0 Å². The first-order chi connectivity index (χ1) is 14.4. The van der Waals surface area contributed by atoms with Crippen LogP contribution in [0, 0.1) is 11.6 Å². The summed E-state index contributed by atoms with van der Waals surface area (Å²) in [6.45, 7) is 0. The van der Waals surface area contributed by atoms with Crippen LogP contribution < -0.4 is 30.6 Å². The fraction of sp³-hybridized carbons (Fsp3) is 0.143. The number of nitrogens with one attached hydrogen (secondary N) is 2. The molecule has 0 radical (unpaired) electrons. The summed E-state index contributed by atoms with van der Waals surface area (Å²) in [6, 6.07) is 10.8. The van der Waals surface area contributed by atoms with Crippen LogP contribution in [0.4, 0.5) is 37.2 Å². The Balaban J connectivity index is 1.96. The van der Waals surface area contributed by atoms with E-state index in [0.717, 1.165) is 0 Å². The van der Waals surface area contributed by atoms with E-state index in [-0.39, 0.29) is 27.9 Å². The van der Waals surface area contributed by atoms with Crippen LogP contribution in [0.25, 0.3) is 0 Å².